The highest BCUT2D eigenvalue weighted by atomic mass is 16.6. The molecule has 0 unspecified atom stereocenters. The van der Waals surface area contributed by atoms with E-state index in [1.54, 1.807) is 20.1 Å². The van der Waals surface area contributed by atoms with E-state index < -0.39 is 28.8 Å². The number of nitrogens with zero attached hydrogens (tertiary/aromatic N) is 4. The van der Waals surface area contributed by atoms with Gasteiger partial charge in [0.25, 0.3) is 5.69 Å². The van der Waals surface area contributed by atoms with Crippen LogP contribution in [0.4, 0.5) is 11.4 Å². The average Bonchev–Trinajstić information content (AvgIpc) is 2.88. The summed E-state index contributed by atoms with van der Waals surface area (Å²) in [6.45, 7) is 4.23. The van der Waals surface area contributed by atoms with Gasteiger partial charge in [0.2, 0.25) is 11.9 Å². The monoisotopic (exact) mass is 481 g/mol. The Hall–Kier alpha value is -4.15. The number of nitro benzene ring substituents is 1. The SMILES string of the molecule is CCOC(=O)[C@@H]1C(=O)NC(N2CCN(c3ccccc3OC)CC2)=N[C@H]1c1cccc([N+](=O)[O-])c1. The van der Waals surface area contributed by atoms with Crippen molar-refractivity contribution in [2.24, 2.45) is 10.9 Å². The van der Waals surface area contributed by atoms with Gasteiger partial charge < -0.3 is 19.3 Å². The molecule has 2 heterocycles. The Bertz CT molecular complexity index is 1140. The second-order valence-electron chi connectivity index (χ2n) is 8.11. The summed E-state index contributed by atoms with van der Waals surface area (Å²) >= 11 is 0. The van der Waals surface area contributed by atoms with Crippen molar-refractivity contribution in [3.8, 4) is 5.75 Å². The van der Waals surface area contributed by atoms with E-state index in [9.17, 15) is 19.7 Å². The normalized spacial score (nSPS) is 20.1. The summed E-state index contributed by atoms with van der Waals surface area (Å²) in [6.07, 6.45) is 0. The maximum absolute atomic E-state index is 13.1. The maximum atomic E-state index is 13.1. The number of hydrogen-bond acceptors (Lipinski definition) is 9. The molecule has 2 atom stereocenters. The molecular formula is C24H27N5O6. The number of nitro groups is 1. The van der Waals surface area contributed by atoms with E-state index in [1.807, 2.05) is 29.2 Å². The van der Waals surface area contributed by atoms with Crippen molar-refractivity contribution in [1.29, 1.82) is 0 Å². The third-order valence-corrected chi connectivity index (χ3v) is 6.06. The Morgan fingerprint density at radius 1 is 1.14 bits per heavy atom. The molecule has 2 aliphatic rings. The average molecular weight is 482 g/mol. The van der Waals surface area contributed by atoms with Gasteiger partial charge in [0.05, 0.1) is 24.3 Å². The molecule has 0 aromatic heterocycles. The van der Waals surface area contributed by atoms with Crippen LogP contribution >= 0.6 is 0 Å². The highest BCUT2D eigenvalue weighted by molar-refractivity contribution is 6.08. The first-order valence-electron chi connectivity index (χ1n) is 11.4. The van der Waals surface area contributed by atoms with E-state index in [4.69, 9.17) is 9.47 Å². The van der Waals surface area contributed by atoms with E-state index in [2.05, 4.69) is 15.2 Å². The number of ether oxygens (including phenoxy) is 2. The number of nitrogens with one attached hydrogen (secondary N) is 1. The van der Waals surface area contributed by atoms with Crippen LogP contribution < -0.4 is 15.0 Å². The zero-order valence-electron chi connectivity index (χ0n) is 19.5. The highest BCUT2D eigenvalue weighted by Gasteiger charge is 2.42. The number of rotatable bonds is 6. The van der Waals surface area contributed by atoms with E-state index in [0.717, 1.165) is 11.4 Å². The molecule has 184 valence electrons. The van der Waals surface area contributed by atoms with Crippen molar-refractivity contribution in [2.45, 2.75) is 13.0 Å². The molecule has 0 aliphatic carbocycles. The first-order chi connectivity index (χ1) is 16.9. The standard InChI is InChI=1S/C24H27N5O6/c1-3-35-23(31)20-21(16-7-6-8-17(15-16)29(32)33)25-24(26-22(20)30)28-13-11-27(12-14-28)18-9-4-5-10-19(18)34-2/h4-10,15,20-21H,3,11-14H2,1-2H3,(H,25,26,30)/t20-,21-/m0/s1. The summed E-state index contributed by atoms with van der Waals surface area (Å²) in [4.78, 5) is 45.3. The molecule has 1 amide bonds. The lowest BCUT2D eigenvalue weighted by molar-refractivity contribution is -0.384. The number of para-hydroxylation sites is 2. The van der Waals surface area contributed by atoms with Crippen molar-refractivity contribution in [3.05, 3.63) is 64.2 Å². The number of carbonyl (C=O) groups is 2. The molecule has 0 spiro atoms. The third-order valence-electron chi connectivity index (χ3n) is 6.06. The van der Waals surface area contributed by atoms with Crippen molar-refractivity contribution >= 4 is 29.2 Å². The van der Waals surface area contributed by atoms with Crippen LogP contribution in [0.25, 0.3) is 0 Å². The second-order valence-corrected chi connectivity index (χ2v) is 8.11. The Balaban J connectivity index is 1.60. The maximum Gasteiger partial charge on any atom is 0.321 e. The van der Waals surface area contributed by atoms with Gasteiger partial charge in [-0.2, -0.15) is 0 Å². The molecule has 1 fully saturated rings. The van der Waals surface area contributed by atoms with Crippen LogP contribution in [0.5, 0.6) is 5.75 Å². The first-order valence-corrected chi connectivity index (χ1v) is 11.4. The second kappa shape index (κ2) is 10.4. The summed E-state index contributed by atoms with van der Waals surface area (Å²) in [7, 11) is 1.63. The van der Waals surface area contributed by atoms with Gasteiger partial charge in [-0.05, 0) is 24.6 Å². The lowest BCUT2D eigenvalue weighted by atomic mass is 9.91. The lowest BCUT2D eigenvalue weighted by Gasteiger charge is -2.40. The Morgan fingerprint density at radius 2 is 1.86 bits per heavy atom. The largest absolute Gasteiger partial charge is 0.495 e. The number of esters is 1. The number of anilines is 1. The van der Waals surface area contributed by atoms with Gasteiger partial charge in [-0.1, -0.05) is 24.3 Å². The fourth-order valence-corrected chi connectivity index (χ4v) is 4.34. The predicted molar refractivity (Wildman–Crippen MR) is 128 cm³/mol. The Kier molecular flexibility index (Phi) is 7.14. The molecule has 35 heavy (non-hydrogen) atoms. The molecule has 2 aromatic carbocycles. The van der Waals surface area contributed by atoms with Gasteiger partial charge in [-0.3, -0.25) is 25.0 Å². The molecule has 1 N–H and O–H groups in total. The number of hydrogen-bond donors (Lipinski definition) is 1. The number of non-ortho nitro benzene ring substituents is 1. The zero-order valence-corrected chi connectivity index (χ0v) is 19.5. The molecule has 2 aromatic rings. The van der Waals surface area contributed by atoms with Crippen LogP contribution in [0.3, 0.4) is 0 Å². The summed E-state index contributed by atoms with van der Waals surface area (Å²) in [6, 6.07) is 12.7. The molecular weight excluding hydrogens is 454 g/mol. The van der Waals surface area contributed by atoms with Crippen LogP contribution in [-0.4, -0.2) is 67.6 Å². The third kappa shape index (κ3) is 5.03. The fourth-order valence-electron chi connectivity index (χ4n) is 4.34. The summed E-state index contributed by atoms with van der Waals surface area (Å²) in [5.74, 6) is -1.38. The van der Waals surface area contributed by atoms with Crippen LogP contribution in [-0.2, 0) is 14.3 Å². The molecule has 2 aliphatic heterocycles. The summed E-state index contributed by atoms with van der Waals surface area (Å²) in [5, 5.41) is 14.0. The minimum Gasteiger partial charge on any atom is -0.495 e. The van der Waals surface area contributed by atoms with Gasteiger partial charge in [0.15, 0.2) is 5.92 Å². The lowest BCUT2D eigenvalue weighted by Crippen LogP contribution is -2.57. The molecule has 1 saturated heterocycles. The van der Waals surface area contributed by atoms with Crippen LogP contribution in [0, 0.1) is 16.0 Å². The molecule has 0 saturated carbocycles. The van der Waals surface area contributed by atoms with Gasteiger partial charge in [0.1, 0.15) is 11.8 Å². The highest BCUT2D eigenvalue weighted by Crippen LogP contribution is 2.33. The smallest absolute Gasteiger partial charge is 0.321 e. The number of amides is 1. The predicted octanol–water partition coefficient (Wildman–Crippen LogP) is 2.13. The topological polar surface area (TPSA) is 127 Å². The fraction of sp³-hybridized carbons (Fsp3) is 0.375. The minimum absolute atomic E-state index is 0.103. The molecule has 0 bridgehead atoms. The van der Waals surface area contributed by atoms with E-state index in [-0.39, 0.29) is 12.3 Å². The van der Waals surface area contributed by atoms with Crippen LogP contribution in [0.2, 0.25) is 0 Å². The van der Waals surface area contributed by atoms with E-state index in [1.165, 1.54) is 18.2 Å². The van der Waals surface area contributed by atoms with E-state index in [0.29, 0.717) is 37.7 Å². The van der Waals surface area contributed by atoms with Gasteiger partial charge in [0, 0.05) is 38.3 Å². The summed E-state index contributed by atoms with van der Waals surface area (Å²) in [5.41, 5.74) is 1.25. The number of aliphatic imine (C=N–C) groups is 1. The van der Waals surface area contributed by atoms with Crippen molar-refractivity contribution in [1.82, 2.24) is 10.2 Å². The molecule has 0 radical (unpaired) electrons. The first kappa shape index (κ1) is 24.0. The van der Waals surface area contributed by atoms with Crippen LogP contribution in [0.1, 0.15) is 18.5 Å². The molecule has 4 rings (SSSR count). The number of guanidine groups is 1. The van der Waals surface area contributed by atoms with Crippen LogP contribution in [0.15, 0.2) is 53.5 Å². The number of benzene rings is 2. The zero-order chi connectivity index (χ0) is 24.9. The Morgan fingerprint density at radius 3 is 2.54 bits per heavy atom. The number of carbonyl (C=O) groups excluding carboxylic acids is 2. The molecule has 11 nitrogen and oxygen atoms in total. The van der Waals surface area contributed by atoms with Gasteiger partial charge in [-0.25, -0.2) is 4.99 Å². The van der Waals surface area contributed by atoms with E-state index >= 15 is 0 Å². The number of methoxy groups -OCH3 is 1. The summed E-state index contributed by atoms with van der Waals surface area (Å²) < 4.78 is 10.6. The molecule has 11 heteroatoms. The minimum atomic E-state index is -1.24. The van der Waals surface area contributed by atoms with Gasteiger partial charge in [-0.15, -0.1) is 0 Å². The Labute approximate surface area is 202 Å². The van der Waals surface area contributed by atoms with Crippen molar-refractivity contribution in [2.75, 3.05) is 44.8 Å². The van der Waals surface area contributed by atoms with Gasteiger partial charge >= 0.3 is 5.97 Å². The number of piperazine rings is 1. The quantitative estimate of drug-likeness (QED) is 0.288. The van der Waals surface area contributed by atoms with Crippen molar-refractivity contribution in [3.63, 3.8) is 0 Å². The van der Waals surface area contributed by atoms with Crippen molar-refractivity contribution < 1.29 is 24.0 Å².